The Kier molecular flexibility index (Phi) is 4.54. The van der Waals surface area contributed by atoms with Crippen LogP contribution in [0.5, 0.6) is 0 Å². The van der Waals surface area contributed by atoms with Crippen molar-refractivity contribution in [1.82, 2.24) is 20.4 Å². The van der Waals surface area contributed by atoms with Gasteiger partial charge < -0.3 is 9.84 Å². The molecule has 0 aliphatic carbocycles. The van der Waals surface area contributed by atoms with Crippen LogP contribution in [0, 0.1) is 0 Å². The zero-order valence-electron chi connectivity index (χ0n) is 12.8. The molecule has 0 bridgehead atoms. The van der Waals surface area contributed by atoms with Crippen molar-refractivity contribution >= 4 is 17.2 Å². The Bertz CT molecular complexity index is 623. The molecule has 0 radical (unpaired) electrons. The minimum absolute atomic E-state index is 0.145. The monoisotopic (exact) mass is 320 g/mol. The number of nitrogens with one attached hydrogen (secondary N) is 1. The number of rotatable bonds is 6. The van der Waals surface area contributed by atoms with Gasteiger partial charge in [-0.2, -0.15) is 4.98 Å². The molecule has 2 aromatic rings. The van der Waals surface area contributed by atoms with Crippen molar-refractivity contribution in [2.75, 3.05) is 6.54 Å². The van der Waals surface area contributed by atoms with E-state index in [2.05, 4.69) is 34.2 Å². The zero-order valence-corrected chi connectivity index (χ0v) is 13.6. The standard InChI is InChI=1S/C15H20N4O2S/c1-10(2)19(8-11-5-6-13(20)16-11)9-14-17-15(18-21-14)12-4-3-7-22-12/h3-4,7,10-11H,5-6,8-9H2,1-2H3,(H,16,20)/t11-/m0/s1. The van der Waals surface area contributed by atoms with Crippen LogP contribution >= 0.6 is 11.3 Å². The number of amides is 1. The molecular weight excluding hydrogens is 300 g/mol. The summed E-state index contributed by atoms with van der Waals surface area (Å²) < 4.78 is 5.37. The van der Waals surface area contributed by atoms with E-state index in [1.54, 1.807) is 11.3 Å². The number of thiophene rings is 1. The minimum atomic E-state index is 0.145. The molecule has 0 saturated carbocycles. The second kappa shape index (κ2) is 6.58. The molecular formula is C15H20N4O2S. The molecule has 0 spiro atoms. The molecule has 22 heavy (non-hydrogen) atoms. The van der Waals surface area contributed by atoms with Crippen molar-refractivity contribution in [3.63, 3.8) is 0 Å². The number of hydrogen-bond acceptors (Lipinski definition) is 6. The molecule has 1 aliphatic heterocycles. The third-order valence-corrected chi connectivity index (χ3v) is 4.68. The summed E-state index contributed by atoms with van der Waals surface area (Å²) in [6.07, 6.45) is 1.52. The van der Waals surface area contributed by atoms with Crippen molar-refractivity contribution in [2.24, 2.45) is 0 Å². The van der Waals surface area contributed by atoms with Crippen molar-refractivity contribution in [2.45, 2.75) is 45.3 Å². The van der Waals surface area contributed by atoms with E-state index in [4.69, 9.17) is 4.52 Å². The highest BCUT2D eigenvalue weighted by Gasteiger charge is 2.25. The van der Waals surface area contributed by atoms with Gasteiger partial charge in [0.05, 0.1) is 11.4 Å². The Morgan fingerprint density at radius 2 is 2.41 bits per heavy atom. The van der Waals surface area contributed by atoms with E-state index in [0.29, 0.717) is 30.7 Å². The van der Waals surface area contributed by atoms with Crippen LogP contribution in [0.15, 0.2) is 22.0 Å². The van der Waals surface area contributed by atoms with Crippen LogP contribution in [0.2, 0.25) is 0 Å². The maximum Gasteiger partial charge on any atom is 0.241 e. The lowest BCUT2D eigenvalue weighted by Gasteiger charge is -2.27. The fourth-order valence-corrected chi connectivity index (χ4v) is 3.20. The maximum absolute atomic E-state index is 11.3. The normalized spacial score (nSPS) is 18.4. The minimum Gasteiger partial charge on any atom is -0.352 e. The third-order valence-electron chi connectivity index (χ3n) is 3.82. The second-order valence-electron chi connectivity index (χ2n) is 5.82. The number of carbonyl (C=O) groups excluding carboxylic acids is 1. The van der Waals surface area contributed by atoms with E-state index < -0.39 is 0 Å². The van der Waals surface area contributed by atoms with Gasteiger partial charge in [0.2, 0.25) is 17.6 Å². The maximum atomic E-state index is 11.3. The van der Waals surface area contributed by atoms with Crippen LogP contribution in [0.3, 0.4) is 0 Å². The SMILES string of the molecule is CC(C)N(Cc1nc(-c2cccs2)no1)C[C@@H]1CCC(=O)N1. The molecule has 1 fully saturated rings. The van der Waals surface area contributed by atoms with Crippen LogP contribution < -0.4 is 5.32 Å². The summed E-state index contributed by atoms with van der Waals surface area (Å²) >= 11 is 1.59. The van der Waals surface area contributed by atoms with Crippen molar-refractivity contribution < 1.29 is 9.32 Å². The van der Waals surface area contributed by atoms with E-state index in [1.165, 1.54) is 0 Å². The summed E-state index contributed by atoms with van der Waals surface area (Å²) in [5, 5.41) is 9.04. The van der Waals surface area contributed by atoms with E-state index >= 15 is 0 Å². The molecule has 0 aromatic carbocycles. The van der Waals surface area contributed by atoms with Gasteiger partial charge >= 0.3 is 0 Å². The van der Waals surface area contributed by atoms with Crippen LogP contribution in [0.25, 0.3) is 10.7 Å². The van der Waals surface area contributed by atoms with Gasteiger partial charge in [-0.25, -0.2) is 0 Å². The first-order valence-electron chi connectivity index (χ1n) is 7.51. The van der Waals surface area contributed by atoms with Crippen molar-refractivity contribution in [3.05, 3.63) is 23.4 Å². The quantitative estimate of drug-likeness (QED) is 0.884. The molecule has 1 saturated heterocycles. The summed E-state index contributed by atoms with van der Waals surface area (Å²) in [6.45, 7) is 5.67. The average Bonchev–Trinajstić information content (AvgIpc) is 3.19. The Morgan fingerprint density at radius 3 is 3.05 bits per heavy atom. The Morgan fingerprint density at radius 1 is 1.55 bits per heavy atom. The van der Waals surface area contributed by atoms with Crippen LogP contribution in [0.4, 0.5) is 0 Å². The molecule has 3 heterocycles. The molecule has 0 unspecified atom stereocenters. The number of hydrogen-bond donors (Lipinski definition) is 1. The molecule has 3 rings (SSSR count). The van der Waals surface area contributed by atoms with E-state index in [0.717, 1.165) is 17.8 Å². The number of nitrogens with zero attached hydrogens (tertiary/aromatic N) is 3. The largest absolute Gasteiger partial charge is 0.352 e. The summed E-state index contributed by atoms with van der Waals surface area (Å²) in [6, 6.07) is 4.51. The fourth-order valence-electron chi connectivity index (χ4n) is 2.55. The average molecular weight is 320 g/mol. The predicted molar refractivity (Wildman–Crippen MR) is 84.3 cm³/mol. The molecule has 1 aliphatic rings. The third kappa shape index (κ3) is 3.53. The lowest BCUT2D eigenvalue weighted by Crippen LogP contribution is -2.41. The molecule has 1 amide bonds. The van der Waals surface area contributed by atoms with Crippen LogP contribution in [-0.2, 0) is 11.3 Å². The van der Waals surface area contributed by atoms with Gasteiger partial charge in [0.1, 0.15) is 0 Å². The summed E-state index contributed by atoms with van der Waals surface area (Å²) in [5.74, 6) is 1.40. The number of carbonyl (C=O) groups is 1. The van der Waals surface area contributed by atoms with E-state index in [9.17, 15) is 4.79 Å². The second-order valence-corrected chi connectivity index (χ2v) is 6.76. The van der Waals surface area contributed by atoms with Crippen molar-refractivity contribution in [1.29, 1.82) is 0 Å². The number of aromatic nitrogens is 2. The van der Waals surface area contributed by atoms with Crippen molar-refractivity contribution in [3.8, 4) is 10.7 Å². The molecule has 6 nitrogen and oxygen atoms in total. The van der Waals surface area contributed by atoms with Gasteiger partial charge in [0.25, 0.3) is 0 Å². The summed E-state index contributed by atoms with van der Waals surface area (Å²) in [7, 11) is 0. The fraction of sp³-hybridized carbons (Fsp3) is 0.533. The lowest BCUT2D eigenvalue weighted by atomic mass is 10.2. The highest BCUT2D eigenvalue weighted by Crippen LogP contribution is 2.22. The highest BCUT2D eigenvalue weighted by atomic mass is 32.1. The zero-order chi connectivity index (χ0) is 15.5. The van der Waals surface area contributed by atoms with Gasteiger partial charge in [-0.1, -0.05) is 11.2 Å². The van der Waals surface area contributed by atoms with Crippen LogP contribution in [0.1, 0.15) is 32.6 Å². The first kappa shape index (κ1) is 15.2. The van der Waals surface area contributed by atoms with Gasteiger partial charge in [-0.3, -0.25) is 9.69 Å². The van der Waals surface area contributed by atoms with Gasteiger partial charge in [0.15, 0.2) is 0 Å². The topological polar surface area (TPSA) is 71.3 Å². The van der Waals surface area contributed by atoms with E-state index in [-0.39, 0.29) is 11.9 Å². The van der Waals surface area contributed by atoms with Gasteiger partial charge in [0, 0.05) is 25.0 Å². The molecule has 1 atom stereocenters. The van der Waals surface area contributed by atoms with Gasteiger partial charge in [-0.05, 0) is 31.7 Å². The molecule has 1 N–H and O–H groups in total. The smallest absolute Gasteiger partial charge is 0.241 e. The Hall–Kier alpha value is -1.73. The molecule has 2 aromatic heterocycles. The van der Waals surface area contributed by atoms with Gasteiger partial charge in [-0.15, -0.1) is 11.3 Å². The highest BCUT2D eigenvalue weighted by molar-refractivity contribution is 7.13. The summed E-state index contributed by atoms with van der Waals surface area (Å²) in [4.78, 5) is 19.1. The lowest BCUT2D eigenvalue weighted by molar-refractivity contribution is -0.119. The van der Waals surface area contributed by atoms with E-state index in [1.807, 2.05) is 17.5 Å². The predicted octanol–water partition coefficient (Wildman–Crippen LogP) is 2.29. The Balaban J connectivity index is 1.65. The summed E-state index contributed by atoms with van der Waals surface area (Å²) in [5.41, 5.74) is 0. The first-order chi connectivity index (χ1) is 10.6. The molecule has 7 heteroatoms. The molecule has 118 valence electrons. The Labute approximate surface area is 133 Å². The first-order valence-corrected chi connectivity index (χ1v) is 8.39. The van der Waals surface area contributed by atoms with Crippen LogP contribution in [-0.4, -0.2) is 39.6 Å².